The van der Waals surface area contributed by atoms with Gasteiger partial charge in [-0.3, -0.25) is 14.4 Å². The number of hydrogen-bond donors (Lipinski definition) is 0. The molecule has 2 fully saturated rings. The summed E-state index contributed by atoms with van der Waals surface area (Å²) in [6.07, 6.45) is -1.49. The van der Waals surface area contributed by atoms with Crippen LogP contribution in [0.3, 0.4) is 0 Å². The molecule has 0 saturated carbocycles. The van der Waals surface area contributed by atoms with Crippen molar-refractivity contribution in [1.29, 1.82) is 0 Å². The average molecular weight is 299 g/mol. The van der Waals surface area contributed by atoms with E-state index in [9.17, 15) is 14.4 Å². The summed E-state index contributed by atoms with van der Waals surface area (Å²) in [4.78, 5) is 35.8. The number of amides is 1. The minimum atomic E-state index is -0.616. The normalized spacial score (nSPS) is 31.5. The number of hydrogen-bond acceptors (Lipinski definition) is 6. The summed E-state index contributed by atoms with van der Waals surface area (Å²) in [6.45, 7) is 6.81. The third kappa shape index (κ3) is 3.18. The minimum Gasteiger partial charge on any atom is -0.463 e. The van der Waals surface area contributed by atoms with Crippen molar-refractivity contribution in [2.45, 2.75) is 46.1 Å². The first-order chi connectivity index (χ1) is 9.81. The van der Waals surface area contributed by atoms with Crippen molar-refractivity contribution < 1.29 is 28.6 Å². The second kappa shape index (κ2) is 6.01. The summed E-state index contributed by atoms with van der Waals surface area (Å²) in [6, 6.07) is 0. The van der Waals surface area contributed by atoms with Crippen molar-refractivity contribution >= 4 is 17.8 Å². The van der Waals surface area contributed by atoms with E-state index in [1.807, 2.05) is 13.8 Å². The number of carbonyl (C=O) groups is 3. The van der Waals surface area contributed by atoms with E-state index in [1.165, 1.54) is 13.8 Å². The van der Waals surface area contributed by atoms with Gasteiger partial charge in [0.1, 0.15) is 25.0 Å². The van der Waals surface area contributed by atoms with E-state index in [1.54, 1.807) is 4.90 Å². The molecule has 2 heterocycles. The fourth-order valence-corrected chi connectivity index (χ4v) is 2.77. The highest BCUT2D eigenvalue weighted by atomic mass is 16.6. The molecule has 0 aromatic rings. The van der Waals surface area contributed by atoms with E-state index in [-0.39, 0.29) is 37.1 Å². The molecule has 0 aliphatic carbocycles. The molecule has 0 aromatic carbocycles. The molecule has 21 heavy (non-hydrogen) atoms. The number of ether oxygens (including phenoxy) is 3. The zero-order valence-corrected chi connectivity index (χ0v) is 12.7. The standard InChI is InChI=1S/C14H21NO6/c1-7(2)12-13(18)15-5-10(20-9(4)17)11(21-14(12)15)6-19-8(3)16/h7,10-12,14H,5-6H2,1-4H3/t10-,11+,12+,14-/m0/s1. The molecule has 0 bridgehead atoms. The van der Waals surface area contributed by atoms with Gasteiger partial charge in [-0.15, -0.1) is 0 Å². The Kier molecular flexibility index (Phi) is 4.51. The molecule has 0 unspecified atom stereocenters. The van der Waals surface area contributed by atoms with Crippen LogP contribution in [0.2, 0.25) is 0 Å². The molecule has 118 valence electrons. The number of β-lactam (4-membered cyclic amide) rings is 1. The number of carbonyl (C=O) groups excluding carboxylic acids is 3. The van der Waals surface area contributed by atoms with E-state index in [0.717, 1.165) is 0 Å². The average Bonchev–Trinajstić information content (AvgIpc) is 2.36. The van der Waals surface area contributed by atoms with E-state index in [2.05, 4.69) is 0 Å². The Labute approximate surface area is 123 Å². The summed E-state index contributed by atoms with van der Waals surface area (Å²) < 4.78 is 16.0. The lowest BCUT2D eigenvalue weighted by atomic mass is 9.83. The quantitative estimate of drug-likeness (QED) is 0.549. The van der Waals surface area contributed by atoms with Crippen LogP contribution in [0.25, 0.3) is 0 Å². The Morgan fingerprint density at radius 1 is 1.33 bits per heavy atom. The van der Waals surface area contributed by atoms with Gasteiger partial charge >= 0.3 is 11.9 Å². The molecule has 0 N–H and O–H groups in total. The largest absolute Gasteiger partial charge is 0.463 e. The van der Waals surface area contributed by atoms with Crippen LogP contribution in [-0.4, -0.2) is 54.3 Å². The van der Waals surface area contributed by atoms with Crippen molar-refractivity contribution in [3.05, 3.63) is 0 Å². The van der Waals surface area contributed by atoms with Crippen molar-refractivity contribution in [2.24, 2.45) is 11.8 Å². The smallest absolute Gasteiger partial charge is 0.303 e. The lowest BCUT2D eigenvalue weighted by Gasteiger charge is -2.54. The van der Waals surface area contributed by atoms with Crippen LogP contribution >= 0.6 is 0 Å². The fraction of sp³-hybridized carbons (Fsp3) is 0.786. The van der Waals surface area contributed by atoms with Crippen LogP contribution in [0.4, 0.5) is 0 Å². The Balaban J connectivity index is 2.07. The van der Waals surface area contributed by atoms with Gasteiger partial charge in [-0.2, -0.15) is 0 Å². The van der Waals surface area contributed by atoms with Gasteiger partial charge in [-0.05, 0) is 5.92 Å². The summed E-state index contributed by atoms with van der Waals surface area (Å²) in [5.74, 6) is -0.893. The highest BCUT2D eigenvalue weighted by Crippen LogP contribution is 2.38. The molecule has 2 saturated heterocycles. The maximum absolute atomic E-state index is 12.1. The Morgan fingerprint density at radius 2 is 2.00 bits per heavy atom. The number of fused-ring (bicyclic) bond motifs is 1. The molecule has 4 atom stereocenters. The summed E-state index contributed by atoms with van der Waals surface area (Å²) in [5.41, 5.74) is 0. The summed E-state index contributed by atoms with van der Waals surface area (Å²) in [7, 11) is 0. The third-order valence-corrected chi connectivity index (χ3v) is 3.77. The van der Waals surface area contributed by atoms with Gasteiger partial charge in [0, 0.05) is 13.8 Å². The van der Waals surface area contributed by atoms with Crippen molar-refractivity contribution in [1.82, 2.24) is 4.90 Å². The van der Waals surface area contributed by atoms with Crippen molar-refractivity contribution in [3.63, 3.8) is 0 Å². The van der Waals surface area contributed by atoms with E-state index in [0.29, 0.717) is 0 Å². The molecule has 0 spiro atoms. The Bertz CT molecular complexity index is 449. The van der Waals surface area contributed by atoms with Crippen molar-refractivity contribution in [3.8, 4) is 0 Å². The number of esters is 2. The molecule has 0 radical (unpaired) electrons. The molecule has 0 aromatic heterocycles. The molecular formula is C14H21NO6. The molecule has 2 aliphatic rings. The SMILES string of the molecule is CC(=O)OC[C@H]1O[C@H]2[C@H](C(C)C)C(=O)N2C[C@@H]1OC(C)=O. The van der Waals surface area contributed by atoms with Crippen LogP contribution in [0.15, 0.2) is 0 Å². The predicted molar refractivity (Wildman–Crippen MR) is 70.9 cm³/mol. The van der Waals surface area contributed by atoms with Gasteiger partial charge in [0.05, 0.1) is 12.5 Å². The second-order valence-corrected chi connectivity index (χ2v) is 5.78. The predicted octanol–water partition coefficient (Wildman–Crippen LogP) is 0.320. The van der Waals surface area contributed by atoms with Crippen LogP contribution in [0.5, 0.6) is 0 Å². The highest BCUT2D eigenvalue weighted by molar-refractivity contribution is 5.86. The van der Waals surface area contributed by atoms with Gasteiger partial charge in [0.25, 0.3) is 0 Å². The summed E-state index contributed by atoms with van der Waals surface area (Å²) in [5, 5.41) is 0. The fourth-order valence-electron chi connectivity index (χ4n) is 2.77. The Hall–Kier alpha value is -1.63. The number of nitrogens with zero attached hydrogens (tertiary/aromatic N) is 1. The molecule has 1 amide bonds. The number of rotatable bonds is 4. The van der Waals surface area contributed by atoms with Crippen LogP contribution < -0.4 is 0 Å². The third-order valence-electron chi connectivity index (χ3n) is 3.77. The van der Waals surface area contributed by atoms with Crippen molar-refractivity contribution in [2.75, 3.05) is 13.2 Å². The van der Waals surface area contributed by atoms with Gasteiger partial charge in [-0.1, -0.05) is 13.8 Å². The minimum absolute atomic E-state index is 0.0105. The molecule has 2 rings (SSSR count). The summed E-state index contributed by atoms with van der Waals surface area (Å²) >= 11 is 0. The van der Waals surface area contributed by atoms with Gasteiger partial charge in [-0.25, -0.2) is 0 Å². The highest BCUT2D eigenvalue weighted by Gasteiger charge is 2.55. The van der Waals surface area contributed by atoms with E-state index < -0.39 is 24.1 Å². The topological polar surface area (TPSA) is 82.1 Å². The first-order valence-corrected chi connectivity index (χ1v) is 7.07. The maximum Gasteiger partial charge on any atom is 0.303 e. The molecule has 2 aliphatic heterocycles. The zero-order chi connectivity index (χ0) is 15.7. The van der Waals surface area contributed by atoms with E-state index >= 15 is 0 Å². The first-order valence-electron chi connectivity index (χ1n) is 7.07. The monoisotopic (exact) mass is 299 g/mol. The van der Waals surface area contributed by atoms with E-state index in [4.69, 9.17) is 14.2 Å². The lowest BCUT2D eigenvalue weighted by molar-refractivity contribution is -0.261. The molecule has 7 heteroatoms. The van der Waals surface area contributed by atoms with Crippen LogP contribution in [0, 0.1) is 11.8 Å². The second-order valence-electron chi connectivity index (χ2n) is 5.78. The maximum atomic E-state index is 12.1. The molecular weight excluding hydrogens is 278 g/mol. The lowest BCUT2D eigenvalue weighted by Crippen LogP contribution is -2.71. The van der Waals surface area contributed by atoms with Crippen LogP contribution in [-0.2, 0) is 28.6 Å². The first kappa shape index (κ1) is 15.8. The van der Waals surface area contributed by atoms with Gasteiger partial charge < -0.3 is 19.1 Å². The van der Waals surface area contributed by atoms with Gasteiger partial charge in [0.15, 0.2) is 0 Å². The van der Waals surface area contributed by atoms with Crippen LogP contribution in [0.1, 0.15) is 27.7 Å². The Morgan fingerprint density at radius 3 is 2.52 bits per heavy atom. The van der Waals surface area contributed by atoms with Gasteiger partial charge in [0.2, 0.25) is 5.91 Å². The molecule has 7 nitrogen and oxygen atoms in total. The zero-order valence-electron chi connectivity index (χ0n) is 12.7.